The van der Waals surface area contributed by atoms with Gasteiger partial charge in [-0.1, -0.05) is 6.58 Å². The lowest BCUT2D eigenvalue weighted by Gasteiger charge is -2.06. The van der Waals surface area contributed by atoms with Crippen LogP contribution in [0.4, 0.5) is 14.5 Å². The summed E-state index contributed by atoms with van der Waals surface area (Å²) in [5.74, 6) is 0. The minimum Gasteiger partial charge on any atom is -0.328 e. The molecular formula is C8H8F2N2. The van der Waals surface area contributed by atoms with Crippen molar-refractivity contribution in [3.8, 4) is 0 Å². The molecule has 0 aliphatic carbocycles. The van der Waals surface area contributed by atoms with E-state index >= 15 is 0 Å². The normalized spacial score (nSPS) is 9.92. The van der Waals surface area contributed by atoms with Crippen molar-refractivity contribution in [1.82, 2.24) is 4.98 Å². The highest BCUT2D eigenvalue weighted by atomic mass is 19.3. The molecular weight excluding hydrogens is 162 g/mol. The summed E-state index contributed by atoms with van der Waals surface area (Å²) in [6.45, 7) is 0.875. The Kier molecular flexibility index (Phi) is 2.74. The molecule has 0 aromatic carbocycles. The zero-order chi connectivity index (χ0) is 8.97. The van der Waals surface area contributed by atoms with Gasteiger partial charge in [0.1, 0.15) is 0 Å². The smallest absolute Gasteiger partial charge is 0.313 e. The monoisotopic (exact) mass is 170 g/mol. The number of pyridine rings is 1. The Morgan fingerprint density at radius 3 is 2.92 bits per heavy atom. The van der Waals surface area contributed by atoms with Crippen LogP contribution in [0.3, 0.4) is 0 Å². The number of aromatic nitrogens is 1. The Bertz CT molecular complexity index is 274. The van der Waals surface area contributed by atoms with E-state index in [4.69, 9.17) is 0 Å². The van der Waals surface area contributed by atoms with Crippen LogP contribution in [0.1, 0.15) is 5.69 Å². The Hall–Kier alpha value is -1.45. The van der Waals surface area contributed by atoms with Gasteiger partial charge in [0, 0.05) is 6.20 Å². The molecule has 1 heterocycles. The van der Waals surface area contributed by atoms with E-state index in [1.54, 1.807) is 6.07 Å². The first kappa shape index (κ1) is 8.64. The van der Waals surface area contributed by atoms with Crippen LogP contribution in [0.5, 0.6) is 0 Å². The van der Waals surface area contributed by atoms with Gasteiger partial charge in [-0.3, -0.25) is 4.98 Å². The van der Waals surface area contributed by atoms with Crippen molar-refractivity contribution in [2.45, 2.75) is 6.55 Å². The summed E-state index contributed by atoms with van der Waals surface area (Å²) in [6.07, 6.45) is 2.94. The van der Waals surface area contributed by atoms with Gasteiger partial charge in [-0.05, 0) is 18.2 Å². The highest BCUT2D eigenvalue weighted by Crippen LogP contribution is 2.14. The third-order valence-corrected chi connectivity index (χ3v) is 1.30. The number of nitrogens with zero attached hydrogens (tertiary/aromatic N) is 1. The third-order valence-electron chi connectivity index (χ3n) is 1.30. The second-order valence-corrected chi connectivity index (χ2v) is 2.09. The molecule has 4 heteroatoms. The molecule has 1 aromatic rings. The van der Waals surface area contributed by atoms with Crippen molar-refractivity contribution in [3.63, 3.8) is 0 Å². The Morgan fingerprint density at radius 2 is 2.33 bits per heavy atom. The molecule has 2 nitrogen and oxygen atoms in total. The van der Waals surface area contributed by atoms with E-state index < -0.39 is 6.55 Å². The van der Waals surface area contributed by atoms with Crippen molar-refractivity contribution < 1.29 is 8.78 Å². The van der Waals surface area contributed by atoms with Crippen molar-refractivity contribution in [2.75, 3.05) is 5.32 Å². The molecule has 0 bridgehead atoms. The number of halogens is 2. The van der Waals surface area contributed by atoms with E-state index in [1.165, 1.54) is 18.3 Å². The van der Waals surface area contributed by atoms with Crippen LogP contribution in [-0.4, -0.2) is 11.5 Å². The van der Waals surface area contributed by atoms with Crippen LogP contribution >= 0.6 is 0 Å². The Morgan fingerprint density at radius 1 is 1.58 bits per heavy atom. The molecule has 1 rings (SSSR count). The van der Waals surface area contributed by atoms with Crippen LogP contribution in [0, 0.1) is 0 Å². The van der Waals surface area contributed by atoms with E-state index in [1.807, 2.05) is 5.32 Å². The van der Waals surface area contributed by atoms with E-state index in [-0.39, 0.29) is 0 Å². The number of alkyl halides is 2. The maximum absolute atomic E-state index is 11.9. The van der Waals surface area contributed by atoms with Crippen LogP contribution in [0.25, 0.3) is 6.08 Å². The number of nitrogens with one attached hydrogen (secondary N) is 1. The summed E-state index contributed by atoms with van der Waals surface area (Å²) < 4.78 is 23.7. The van der Waals surface area contributed by atoms with Gasteiger partial charge < -0.3 is 5.32 Å². The van der Waals surface area contributed by atoms with Gasteiger partial charge in [-0.15, -0.1) is 0 Å². The molecule has 0 aliphatic heterocycles. The molecule has 0 fully saturated rings. The van der Waals surface area contributed by atoms with Gasteiger partial charge in [0.15, 0.2) is 0 Å². The molecule has 1 aromatic heterocycles. The molecule has 0 aliphatic rings. The summed E-state index contributed by atoms with van der Waals surface area (Å²) in [5.41, 5.74) is 0.723. The average Bonchev–Trinajstić information content (AvgIpc) is 2.04. The first-order chi connectivity index (χ1) is 5.74. The van der Waals surface area contributed by atoms with Crippen molar-refractivity contribution in [1.29, 1.82) is 0 Å². The van der Waals surface area contributed by atoms with Crippen molar-refractivity contribution in [3.05, 3.63) is 30.6 Å². The molecule has 0 atom stereocenters. The van der Waals surface area contributed by atoms with E-state index in [0.29, 0.717) is 11.4 Å². The fraction of sp³-hybridized carbons (Fsp3) is 0.125. The van der Waals surface area contributed by atoms with Crippen LogP contribution < -0.4 is 5.32 Å². The van der Waals surface area contributed by atoms with Crippen LogP contribution in [0.15, 0.2) is 24.9 Å². The minimum absolute atomic E-state index is 0.294. The molecule has 0 unspecified atom stereocenters. The predicted molar refractivity (Wildman–Crippen MR) is 44.0 cm³/mol. The highest BCUT2D eigenvalue weighted by molar-refractivity contribution is 5.61. The first-order valence-electron chi connectivity index (χ1n) is 3.36. The molecule has 12 heavy (non-hydrogen) atoms. The lowest BCUT2D eigenvalue weighted by Crippen LogP contribution is -2.07. The van der Waals surface area contributed by atoms with Gasteiger partial charge in [-0.25, -0.2) is 0 Å². The van der Waals surface area contributed by atoms with Gasteiger partial charge in [0.05, 0.1) is 11.4 Å². The van der Waals surface area contributed by atoms with Crippen molar-refractivity contribution in [2.24, 2.45) is 0 Å². The second kappa shape index (κ2) is 3.80. The number of hydrogen-bond donors (Lipinski definition) is 1. The highest BCUT2D eigenvalue weighted by Gasteiger charge is 2.04. The largest absolute Gasteiger partial charge is 0.328 e. The molecule has 0 radical (unpaired) electrons. The average molecular weight is 170 g/mol. The summed E-state index contributed by atoms with van der Waals surface area (Å²) in [6, 6.07) is 3.11. The fourth-order valence-corrected chi connectivity index (χ4v) is 0.820. The molecule has 0 amide bonds. The lowest BCUT2D eigenvalue weighted by molar-refractivity contribution is 0.181. The molecule has 0 saturated heterocycles. The summed E-state index contributed by atoms with van der Waals surface area (Å²) in [7, 11) is 0. The van der Waals surface area contributed by atoms with E-state index in [0.717, 1.165) is 0 Å². The topological polar surface area (TPSA) is 24.9 Å². The quantitative estimate of drug-likeness (QED) is 0.704. The van der Waals surface area contributed by atoms with Crippen molar-refractivity contribution >= 4 is 11.8 Å². The van der Waals surface area contributed by atoms with Gasteiger partial charge in [0.2, 0.25) is 0 Å². The molecule has 0 spiro atoms. The number of rotatable bonds is 3. The van der Waals surface area contributed by atoms with Gasteiger partial charge in [0.25, 0.3) is 0 Å². The standard InChI is InChI=1S/C8H8F2N2/c1-2-6-7(12-8(9)10)4-3-5-11-6/h2-5,8,12H,1H2. The van der Waals surface area contributed by atoms with Crippen LogP contribution in [-0.2, 0) is 0 Å². The number of anilines is 1. The van der Waals surface area contributed by atoms with E-state index in [9.17, 15) is 8.78 Å². The first-order valence-corrected chi connectivity index (χ1v) is 3.36. The SMILES string of the molecule is C=Cc1ncccc1NC(F)F. The third kappa shape index (κ3) is 2.02. The fourth-order valence-electron chi connectivity index (χ4n) is 0.820. The lowest BCUT2D eigenvalue weighted by atomic mass is 10.3. The maximum Gasteiger partial charge on any atom is 0.313 e. The Balaban J connectivity index is 2.89. The summed E-state index contributed by atoms with van der Waals surface area (Å²) >= 11 is 0. The summed E-state index contributed by atoms with van der Waals surface area (Å²) in [5, 5.41) is 1.96. The molecule has 64 valence electrons. The molecule has 0 saturated carbocycles. The number of hydrogen-bond acceptors (Lipinski definition) is 2. The van der Waals surface area contributed by atoms with E-state index in [2.05, 4.69) is 11.6 Å². The minimum atomic E-state index is -2.58. The zero-order valence-electron chi connectivity index (χ0n) is 6.30. The summed E-state index contributed by atoms with van der Waals surface area (Å²) in [4.78, 5) is 3.84. The molecule has 1 N–H and O–H groups in total. The maximum atomic E-state index is 11.9. The predicted octanol–water partition coefficient (Wildman–Crippen LogP) is 2.36. The Labute approximate surface area is 68.9 Å². The second-order valence-electron chi connectivity index (χ2n) is 2.09. The van der Waals surface area contributed by atoms with Gasteiger partial charge >= 0.3 is 6.55 Å². The van der Waals surface area contributed by atoms with Crippen LogP contribution in [0.2, 0.25) is 0 Å². The zero-order valence-corrected chi connectivity index (χ0v) is 6.30. The van der Waals surface area contributed by atoms with Gasteiger partial charge in [-0.2, -0.15) is 8.78 Å².